The molecule has 0 spiro atoms. The molecule has 4 rings (SSSR count). The molecule has 0 saturated carbocycles. The molecule has 0 bridgehead atoms. The second kappa shape index (κ2) is 6.45. The predicted molar refractivity (Wildman–Crippen MR) is 103 cm³/mol. The van der Waals surface area contributed by atoms with Gasteiger partial charge in [0.2, 0.25) is 0 Å². The van der Waals surface area contributed by atoms with Crippen LogP contribution in [-0.2, 0) is 0 Å². The number of piperazine rings is 1. The third-order valence-corrected chi connectivity index (χ3v) is 5.36. The molecule has 1 saturated heterocycles. The number of hydrogen-bond donors (Lipinski definition) is 1. The molecule has 0 atom stereocenters. The van der Waals surface area contributed by atoms with Gasteiger partial charge in [0.25, 0.3) is 0 Å². The number of aromatic nitrogens is 2. The number of fused-ring (bicyclic) bond motifs is 1. The minimum absolute atomic E-state index is 0.974. The van der Waals surface area contributed by atoms with Crippen molar-refractivity contribution < 1.29 is 4.90 Å². The summed E-state index contributed by atoms with van der Waals surface area (Å²) in [6.45, 7) is 8.65. The van der Waals surface area contributed by atoms with Crippen molar-refractivity contribution in [2.45, 2.75) is 13.8 Å². The van der Waals surface area contributed by atoms with Gasteiger partial charge in [-0.25, -0.2) is 0 Å². The fourth-order valence-electron chi connectivity index (χ4n) is 3.53. The fraction of sp³-hybridized carbons (Fsp3) is 0.333. The molecule has 128 valence electrons. The molecule has 1 aromatic heterocycles. The van der Waals surface area contributed by atoms with Crippen LogP contribution < -0.4 is 9.80 Å². The summed E-state index contributed by atoms with van der Waals surface area (Å²) < 4.78 is 0. The van der Waals surface area contributed by atoms with Crippen LogP contribution in [0.2, 0.25) is 0 Å². The summed E-state index contributed by atoms with van der Waals surface area (Å²) in [4.78, 5) is 3.97. The standard InChI is InChI=1S/C21H24N4/c1-15-8-9-17(14-16(15)2)20-18-6-4-5-7-19(18)21(23-22-20)25-12-10-24(3)11-13-25/h4-9,14H,10-13H2,1-3H3/p+1. The van der Waals surface area contributed by atoms with E-state index in [-0.39, 0.29) is 0 Å². The maximum atomic E-state index is 4.65. The van der Waals surface area contributed by atoms with E-state index in [0.29, 0.717) is 0 Å². The van der Waals surface area contributed by atoms with Gasteiger partial charge in [0, 0.05) is 16.3 Å². The Morgan fingerprint density at radius 1 is 0.880 bits per heavy atom. The molecular formula is C21H25N4+. The van der Waals surface area contributed by atoms with Crippen LogP contribution >= 0.6 is 0 Å². The summed E-state index contributed by atoms with van der Waals surface area (Å²) in [7, 11) is 2.25. The first kappa shape index (κ1) is 16.0. The highest BCUT2D eigenvalue weighted by Crippen LogP contribution is 2.32. The first-order valence-electron chi connectivity index (χ1n) is 9.03. The number of nitrogens with one attached hydrogen (secondary N) is 1. The molecule has 1 aliphatic rings. The number of hydrogen-bond acceptors (Lipinski definition) is 3. The molecule has 4 nitrogen and oxygen atoms in total. The molecular weight excluding hydrogens is 308 g/mol. The molecule has 2 heterocycles. The third kappa shape index (κ3) is 2.98. The van der Waals surface area contributed by atoms with Crippen LogP contribution in [-0.4, -0.2) is 43.4 Å². The maximum absolute atomic E-state index is 4.65. The number of nitrogens with zero attached hydrogens (tertiary/aromatic N) is 3. The third-order valence-electron chi connectivity index (χ3n) is 5.36. The lowest BCUT2D eigenvalue weighted by Crippen LogP contribution is -3.12. The normalized spacial score (nSPS) is 15.7. The summed E-state index contributed by atoms with van der Waals surface area (Å²) in [5.74, 6) is 1.02. The van der Waals surface area contributed by atoms with E-state index in [1.807, 2.05) is 0 Å². The maximum Gasteiger partial charge on any atom is 0.159 e. The van der Waals surface area contributed by atoms with E-state index >= 15 is 0 Å². The number of anilines is 1. The topological polar surface area (TPSA) is 33.5 Å². The smallest absolute Gasteiger partial charge is 0.159 e. The molecule has 0 radical (unpaired) electrons. The van der Waals surface area contributed by atoms with Gasteiger partial charge in [-0.05, 0) is 31.0 Å². The Morgan fingerprint density at radius 3 is 2.32 bits per heavy atom. The van der Waals surface area contributed by atoms with Gasteiger partial charge >= 0.3 is 0 Å². The Kier molecular flexibility index (Phi) is 4.14. The highest BCUT2D eigenvalue weighted by atomic mass is 15.3. The molecule has 0 aliphatic carbocycles. The number of rotatable bonds is 2. The number of benzene rings is 2. The molecule has 1 N–H and O–H groups in total. The lowest BCUT2D eigenvalue weighted by molar-refractivity contribution is -0.880. The Hall–Kier alpha value is -2.46. The average molecular weight is 333 g/mol. The van der Waals surface area contributed by atoms with E-state index in [2.05, 4.69) is 78.5 Å². The van der Waals surface area contributed by atoms with Crippen molar-refractivity contribution in [3.63, 3.8) is 0 Å². The quantitative estimate of drug-likeness (QED) is 0.781. The van der Waals surface area contributed by atoms with Crippen molar-refractivity contribution in [1.82, 2.24) is 10.2 Å². The Morgan fingerprint density at radius 2 is 1.60 bits per heavy atom. The van der Waals surface area contributed by atoms with E-state index < -0.39 is 0 Å². The minimum atomic E-state index is 0.974. The first-order chi connectivity index (χ1) is 12.1. The zero-order valence-electron chi connectivity index (χ0n) is 15.2. The number of quaternary nitrogens is 1. The Balaban J connectivity index is 1.83. The van der Waals surface area contributed by atoms with Gasteiger partial charge in [-0.3, -0.25) is 0 Å². The predicted octanol–water partition coefficient (Wildman–Crippen LogP) is 2.25. The van der Waals surface area contributed by atoms with Gasteiger partial charge in [0.1, 0.15) is 5.69 Å². The fourth-order valence-corrected chi connectivity index (χ4v) is 3.53. The summed E-state index contributed by atoms with van der Waals surface area (Å²) in [6.07, 6.45) is 0. The highest BCUT2D eigenvalue weighted by molar-refractivity contribution is 6.00. The van der Waals surface area contributed by atoms with Gasteiger partial charge in [-0.2, -0.15) is 0 Å². The van der Waals surface area contributed by atoms with Crippen LogP contribution in [0, 0.1) is 13.8 Å². The monoisotopic (exact) mass is 333 g/mol. The summed E-state index contributed by atoms with van der Waals surface area (Å²) in [5.41, 5.74) is 4.70. The molecule has 2 aromatic carbocycles. The number of aryl methyl sites for hydroxylation is 2. The molecule has 1 fully saturated rings. The van der Waals surface area contributed by atoms with Crippen molar-refractivity contribution in [1.29, 1.82) is 0 Å². The van der Waals surface area contributed by atoms with Crippen LogP contribution in [0.1, 0.15) is 11.1 Å². The molecule has 0 unspecified atom stereocenters. The lowest BCUT2D eigenvalue weighted by Gasteiger charge is -2.31. The summed E-state index contributed by atoms with van der Waals surface area (Å²) >= 11 is 0. The zero-order chi connectivity index (χ0) is 17.4. The van der Waals surface area contributed by atoms with E-state index in [1.165, 1.54) is 21.9 Å². The molecule has 4 heteroatoms. The van der Waals surface area contributed by atoms with E-state index in [9.17, 15) is 0 Å². The molecule has 0 amide bonds. The van der Waals surface area contributed by atoms with E-state index in [4.69, 9.17) is 0 Å². The van der Waals surface area contributed by atoms with E-state index in [1.54, 1.807) is 4.90 Å². The molecule has 1 aliphatic heterocycles. The molecule has 3 aromatic rings. The first-order valence-corrected chi connectivity index (χ1v) is 9.03. The second-order valence-electron chi connectivity index (χ2n) is 7.16. The van der Waals surface area contributed by atoms with Gasteiger partial charge in [-0.1, -0.05) is 36.4 Å². The lowest BCUT2D eigenvalue weighted by atomic mass is 10.0. The average Bonchev–Trinajstić information content (AvgIpc) is 2.64. The van der Waals surface area contributed by atoms with Crippen molar-refractivity contribution >= 4 is 16.6 Å². The molecule has 25 heavy (non-hydrogen) atoms. The van der Waals surface area contributed by atoms with Crippen molar-refractivity contribution in [3.8, 4) is 11.3 Å². The second-order valence-corrected chi connectivity index (χ2v) is 7.16. The SMILES string of the molecule is Cc1ccc(-c2nnc(N3CC[NH+](C)CC3)c3ccccc23)cc1C. The van der Waals surface area contributed by atoms with Gasteiger partial charge in [0.05, 0.1) is 33.2 Å². The van der Waals surface area contributed by atoms with Gasteiger partial charge < -0.3 is 9.80 Å². The van der Waals surface area contributed by atoms with Crippen LogP contribution in [0.5, 0.6) is 0 Å². The Labute approximate surface area is 149 Å². The minimum Gasteiger partial charge on any atom is -0.343 e. The highest BCUT2D eigenvalue weighted by Gasteiger charge is 2.21. The van der Waals surface area contributed by atoms with Crippen molar-refractivity contribution in [2.75, 3.05) is 38.1 Å². The van der Waals surface area contributed by atoms with Gasteiger partial charge in [0.15, 0.2) is 5.82 Å². The van der Waals surface area contributed by atoms with Crippen molar-refractivity contribution in [2.24, 2.45) is 0 Å². The zero-order valence-corrected chi connectivity index (χ0v) is 15.2. The summed E-state index contributed by atoms with van der Waals surface area (Å²) in [6, 6.07) is 15.1. The largest absolute Gasteiger partial charge is 0.343 e. The Bertz CT molecular complexity index is 911. The summed E-state index contributed by atoms with van der Waals surface area (Å²) in [5, 5.41) is 11.7. The van der Waals surface area contributed by atoms with Crippen LogP contribution in [0.3, 0.4) is 0 Å². The van der Waals surface area contributed by atoms with E-state index in [0.717, 1.165) is 43.3 Å². The van der Waals surface area contributed by atoms with Crippen LogP contribution in [0.15, 0.2) is 42.5 Å². The van der Waals surface area contributed by atoms with Crippen molar-refractivity contribution in [3.05, 3.63) is 53.6 Å². The van der Waals surface area contributed by atoms with Crippen LogP contribution in [0.25, 0.3) is 22.0 Å². The number of likely N-dealkylation sites (N-methyl/N-ethyl adjacent to an activating group) is 1. The van der Waals surface area contributed by atoms with Gasteiger partial charge in [-0.15, -0.1) is 10.2 Å². The van der Waals surface area contributed by atoms with Crippen LogP contribution in [0.4, 0.5) is 5.82 Å².